The summed E-state index contributed by atoms with van der Waals surface area (Å²) in [5.41, 5.74) is 5.38. The highest BCUT2D eigenvalue weighted by Crippen LogP contribution is 2.21. The lowest BCUT2D eigenvalue weighted by Crippen LogP contribution is -2.35. The van der Waals surface area contributed by atoms with Crippen molar-refractivity contribution >= 4 is 0 Å². The molecular formula is C6H10N2O2. The molecule has 56 valence electrons. The van der Waals surface area contributed by atoms with Crippen molar-refractivity contribution in [3.63, 3.8) is 0 Å². The maximum Gasteiger partial charge on any atom is 0.253 e. The Morgan fingerprint density at radius 3 is 2.20 bits per heavy atom. The zero-order chi connectivity index (χ0) is 7.72. The van der Waals surface area contributed by atoms with Crippen LogP contribution in [0.15, 0.2) is 0 Å². The van der Waals surface area contributed by atoms with E-state index >= 15 is 0 Å². The molecule has 0 aromatic rings. The topological polar surface area (TPSA) is 70.8 Å². The Labute approximate surface area is 59.1 Å². The molecule has 1 fully saturated rings. The Hall–Kier alpha value is -0.630. The predicted molar refractivity (Wildman–Crippen MR) is 35.0 cm³/mol. The largest absolute Gasteiger partial charge is 0.388 e. The lowest BCUT2D eigenvalue weighted by Gasteiger charge is -2.08. The molecule has 4 N–H and O–H groups in total. The molecule has 1 saturated carbocycles. The number of rotatable bonds is 0. The Bertz CT molecular complexity index is 166. The van der Waals surface area contributed by atoms with Crippen LogP contribution >= 0.6 is 0 Å². The third kappa shape index (κ3) is 0.991. The van der Waals surface area contributed by atoms with E-state index in [0.717, 1.165) is 0 Å². The molecule has 10 heavy (non-hydrogen) atoms. The fraction of sp³-hybridized carbons (Fsp3) is 0.833. The van der Waals surface area contributed by atoms with Crippen LogP contribution in [0, 0.1) is 6.57 Å². The van der Waals surface area contributed by atoms with Crippen molar-refractivity contribution in [1.29, 1.82) is 0 Å². The van der Waals surface area contributed by atoms with Gasteiger partial charge in [-0.3, -0.25) is 0 Å². The molecule has 1 aliphatic rings. The van der Waals surface area contributed by atoms with E-state index in [1.165, 1.54) is 0 Å². The van der Waals surface area contributed by atoms with E-state index in [9.17, 15) is 0 Å². The van der Waals surface area contributed by atoms with Crippen molar-refractivity contribution in [1.82, 2.24) is 0 Å². The minimum absolute atomic E-state index is 0.395. The molecule has 0 saturated heterocycles. The van der Waals surface area contributed by atoms with Gasteiger partial charge in [-0.15, -0.1) is 0 Å². The monoisotopic (exact) mass is 142 g/mol. The van der Waals surface area contributed by atoms with Crippen molar-refractivity contribution in [3.05, 3.63) is 11.4 Å². The first kappa shape index (κ1) is 7.48. The van der Waals surface area contributed by atoms with Gasteiger partial charge in [0, 0.05) is 12.5 Å². The van der Waals surface area contributed by atoms with Crippen LogP contribution in [0.25, 0.3) is 4.85 Å². The fourth-order valence-corrected chi connectivity index (χ4v) is 1.17. The maximum absolute atomic E-state index is 9.08. The van der Waals surface area contributed by atoms with E-state index in [1.54, 1.807) is 0 Å². The van der Waals surface area contributed by atoms with E-state index in [0.29, 0.717) is 6.42 Å². The molecule has 0 unspecified atom stereocenters. The van der Waals surface area contributed by atoms with Crippen molar-refractivity contribution in [2.75, 3.05) is 0 Å². The van der Waals surface area contributed by atoms with Gasteiger partial charge >= 0.3 is 0 Å². The smallest absolute Gasteiger partial charge is 0.253 e. The molecule has 0 heterocycles. The van der Waals surface area contributed by atoms with Gasteiger partial charge in [0.2, 0.25) is 0 Å². The van der Waals surface area contributed by atoms with Gasteiger partial charge in [-0.05, 0) is 0 Å². The second-order valence-corrected chi connectivity index (χ2v) is 2.58. The molecule has 4 atom stereocenters. The molecule has 0 amide bonds. The standard InChI is InChI=1S/C6H10N2O2/c1-8-4-2-3(7)5(9)6(4)10/h3-6,9-10H,2,7H2/t3-,4+,5+,6-/m1/s1. The molecule has 4 heteroatoms. The molecule has 0 aliphatic heterocycles. The number of aliphatic hydroxyl groups excluding tert-OH is 2. The molecule has 0 aromatic carbocycles. The first-order chi connectivity index (χ1) is 4.66. The summed E-state index contributed by atoms with van der Waals surface area (Å²) in [6, 6.07) is -0.945. The summed E-state index contributed by atoms with van der Waals surface area (Å²) in [7, 11) is 0. The normalized spacial score (nSPS) is 47.0. The van der Waals surface area contributed by atoms with Crippen LogP contribution in [0.2, 0.25) is 0 Å². The van der Waals surface area contributed by atoms with Crippen molar-refractivity contribution in [3.8, 4) is 0 Å². The second kappa shape index (κ2) is 2.54. The van der Waals surface area contributed by atoms with Crippen LogP contribution < -0.4 is 5.73 Å². The summed E-state index contributed by atoms with van der Waals surface area (Å²) in [6.45, 7) is 6.61. The summed E-state index contributed by atoms with van der Waals surface area (Å²) in [5, 5.41) is 18.1. The number of hydrogen-bond acceptors (Lipinski definition) is 3. The van der Waals surface area contributed by atoms with Crippen LogP contribution in [0.1, 0.15) is 6.42 Å². The molecular weight excluding hydrogens is 132 g/mol. The van der Waals surface area contributed by atoms with Gasteiger partial charge in [0.05, 0.1) is 0 Å². The Kier molecular flexibility index (Phi) is 1.90. The SMILES string of the molecule is [C-]#[N+][C@H]1C[C@@H](N)[C@H](O)[C@@H]1O. The number of nitrogens with two attached hydrogens (primary N) is 1. The summed E-state index contributed by atoms with van der Waals surface area (Å²) < 4.78 is 0. The highest BCUT2D eigenvalue weighted by Gasteiger charge is 2.43. The van der Waals surface area contributed by atoms with Crippen LogP contribution in [0.4, 0.5) is 0 Å². The van der Waals surface area contributed by atoms with Gasteiger partial charge in [0.1, 0.15) is 6.10 Å². The van der Waals surface area contributed by atoms with Gasteiger partial charge in [-0.25, -0.2) is 6.57 Å². The van der Waals surface area contributed by atoms with Crippen LogP contribution in [0.5, 0.6) is 0 Å². The van der Waals surface area contributed by atoms with Crippen molar-refractivity contribution in [2.24, 2.45) is 5.73 Å². The first-order valence-electron chi connectivity index (χ1n) is 3.15. The predicted octanol–water partition coefficient (Wildman–Crippen LogP) is -1.27. The fourth-order valence-electron chi connectivity index (χ4n) is 1.17. The third-order valence-electron chi connectivity index (χ3n) is 1.86. The Morgan fingerprint density at radius 1 is 1.40 bits per heavy atom. The molecule has 0 bridgehead atoms. The highest BCUT2D eigenvalue weighted by molar-refractivity contribution is 5.02. The van der Waals surface area contributed by atoms with Crippen molar-refractivity contribution < 1.29 is 10.2 Å². The molecule has 0 spiro atoms. The average molecular weight is 142 g/mol. The first-order valence-corrected chi connectivity index (χ1v) is 3.15. The molecule has 1 aliphatic carbocycles. The van der Waals surface area contributed by atoms with Crippen LogP contribution in [-0.2, 0) is 0 Å². The Morgan fingerprint density at radius 2 is 2.00 bits per heavy atom. The van der Waals surface area contributed by atoms with Crippen molar-refractivity contribution in [2.45, 2.75) is 30.7 Å². The summed E-state index contributed by atoms with van der Waals surface area (Å²) >= 11 is 0. The zero-order valence-corrected chi connectivity index (χ0v) is 5.44. The minimum Gasteiger partial charge on any atom is -0.388 e. The zero-order valence-electron chi connectivity index (χ0n) is 5.44. The number of hydrogen-bond donors (Lipinski definition) is 3. The van der Waals surface area contributed by atoms with Gasteiger partial charge in [-0.2, -0.15) is 0 Å². The quantitative estimate of drug-likeness (QED) is 0.369. The van der Waals surface area contributed by atoms with E-state index in [1.807, 2.05) is 0 Å². The van der Waals surface area contributed by atoms with E-state index in [-0.39, 0.29) is 0 Å². The van der Waals surface area contributed by atoms with Gasteiger partial charge in [0.25, 0.3) is 6.04 Å². The van der Waals surface area contributed by atoms with Gasteiger partial charge < -0.3 is 20.8 Å². The Balaban J connectivity index is 2.64. The number of aliphatic hydroxyl groups is 2. The lowest BCUT2D eigenvalue weighted by molar-refractivity contribution is 0.0341. The summed E-state index contributed by atoms with van der Waals surface area (Å²) in [5.74, 6) is 0. The highest BCUT2D eigenvalue weighted by atomic mass is 16.3. The number of nitrogens with zero attached hydrogens (tertiary/aromatic N) is 1. The van der Waals surface area contributed by atoms with Gasteiger partial charge in [0.15, 0.2) is 6.10 Å². The molecule has 0 aromatic heterocycles. The average Bonchev–Trinajstić information content (AvgIpc) is 2.17. The van der Waals surface area contributed by atoms with Crippen LogP contribution in [-0.4, -0.2) is 34.5 Å². The maximum atomic E-state index is 9.08. The molecule has 0 radical (unpaired) electrons. The van der Waals surface area contributed by atoms with E-state index in [2.05, 4.69) is 4.85 Å². The molecule has 1 rings (SSSR count). The third-order valence-corrected chi connectivity index (χ3v) is 1.86. The summed E-state index contributed by atoms with van der Waals surface area (Å²) in [4.78, 5) is 3.13. The van der Waals surface area contributed by atoms with E-state index < -0.39 is 24.3 Å². The summed E-state index contributed by atoms with van der Waals surface area (Å²) in [6.07, 6.45) is -1.47. The molecule has 4 nitrogen and oxygen atoms in total. The van der Waals surface area contributed by atoms with Gasteiger partial charge in [-0.1, -0.05) is 0 Å². The lowest BCUT2D eigenvalue weighted by atomic mass is 10.2. The minimum atomic E-state index is -0.951. The van der Waals surface area contributed by atoms with Crippen LogP contribution in [0.3, 0.4) is 0 Å². The van der Waals surface area contributed by atoms with E-state index in [4.69, 9.17) is 22.5 Å². The second-order valence-electron chi connectivity index (χ2n) is 2.58.